The molecule has 2 saturated carbocycles. The maximum Gasteiger partial charge on any atom is 0.459 e. The summed E-state index contributed by atoms with van der Waals surface area (Å²) in [7, 11) is -8.64. The monoisotopic (exact) mass is 1240 g/mol. The van der Waals surface area contributed by atoms with Gasteiger partial charge in [0.15, 0.2) is 46.4 Å². The minimum Gasteiger partial charge on any atom is -0.462 e. The van der Waals surface area contributed by atoms with E-state index in [2.05, 4.69) is 63.9 Å². The zero-order chi connectivity index (χ0) is 61.9. The third-order valence-electron chi connectivity index (χ3n) is 13.7. The lowest BCUT2D eigenvalue weighted by molar-refractivity contribution is -0.150. The van der Waals surface area contributed by atoms with E-state index in [0.717, 1.165) is 37.8 Å². The zero-order valence-corrected chi connectivity index (χ0v) is 49.6. The molecule has 2 aliphatic carbocycles. The number of esters is 2. The quantitative estimate of drug-likeness (QED) is 0.0162. The third kappa shape index (κ3) is 14.4. The molecule has 6 aromatic rings. The molecule has 4 aromatic heterocycles. The van der Waals surface area contributed by atoms with E-state index in [1.54, 1.807) is 88.4 Å². The van der Waals surface area contributed by atoms with Gasteiger partial charge in [-0.3, -0.25) is 27.8 Å². The fourth-order valence-corrected chi connectivity index (χ4v) is 12.1. The number of carbonyl (C=O) groups excluding carboxylic acids is 2. The first kappa shape index (κ1) is 63.3. The van der Waals surface area contributed by atoms with Gasteiger partial charge in [0, 0.05) is 12.1 Å². The van der Waals surface area contributed by atoms with Crippen molar-refractivity contribution < 1.29 is 74.8 Å². The normalized spacial score (nSPS) is 25.8. The Balaban J connectivity index is 0.000000205. The molecule has 86 heavy (non-hydrogen) atoms. The number of benzene rings is 2. The lowest BCUT2D eigenvalue weighted by Gasteiger charge is -2.26. The summed E-state index contributed by atoms with van der Waals surface area (Å²) >= 11 is 0. The average molecular weight is 1240 g/mol. The van der Waals surface area contributed by atoms with Gasteiger partial charge < -0.3 is 60.3 Å². The number of nitrogens with zero attached hydrogens (tertiary/aromatic N) is 8. The van der Waals surface area contributed by atoms with Gasteiger partial charge in [-0.05, 0) is 104 Å². The summed E-state index contributed by atoms with van der Waals surface area (Å²) in [6.45, 7) is 15.5. The van der Waals surface area contributed by atoms with Crippen LogP contribution < -0.4 is 41.3 Å². The van der Waals surface area contributed by atoms with Crippen molar-refractivity contribution >= 4 is 73.3 Å². The number of nitrogens with one attached hydrogen (secondary N) is 4. The first-order valence-electron chi connectivity index (χ1n) is 27.6. The highest BCUT2D eigenvalue weighted by Gasteiger charge is 2.59. The van der Waals surface area contributed by atoms with Crippen LogP contribution in [-0.4, -0.2) is 147 Å². The highest BCUT2D eigenvalue weighted by Crippen LogP contribution is 2.51. The lowest BCUT2D eigenvalue weighted by atomic mass is 9.96. The van der Waals surface area contributed by atoms with Crippen LogP contribution in [-0.2, 0) is 46.7 Å². The van der Waals surface area contributed by atoms with Crippen LogP contribution >= 0.6 is 15.5 Å². The number of hydrogen-bond donors (Lipinski definition) is 8. The minimum absolute atomic E-state index is 0.0610. The standard InChI is InChI=1S/2C27H35FN7O7P/c2*1-5-27(28)21(36)19(41-25(27)35-14-30-20-22(31-17-11-12-17)32-26(29)33-23(20)35)13-39-43(38,42-18-9-7-6-8-10-18)34-16(4)24(37)40-15(2)3/h2*5-10,14-17,19,21,25,36H,1,11-13H2,2-4H3,(H,34,38)(H3,29,31,32,33)/t16-,19+,21+,25+,27+,43+;16-,19+,21+,25+,27+,43-/m00/s1. The van der Waals surface area contributed by atoms with Crippen LogP contribution in [0.5, 0.6) is 11.5 Å². The average Bonchev–Trinajstić information content (AvgIpc) is 1.65. The molecule has 10 N–H and O–H groups in total. The van der Waals surface area contributed by atoms with E-state index in [-0.39, 0.29) is 46.8 Å². The van der Waals surface area contributed by atoms with Gasteiger partial charge in [0.05, 0.1) is 38.1 Å². The summed E-state index contributed by atoms with van der Waals surface area (Å²) in [6, 6.07) is 14.5. The molecule has 12 atom stereocenters. The van der Waals surface area contributed by atoms with Gasteiger partial charge in [-0.15, -0.1) is 0 Å². The lowest BCUT2D eigenvalue weighted by Crippen LogP contribution is -2.42. The number of halogens is 2. The van der Waals surface area contributed by atoms with Gasteiger partial charge in [0.1, 0.15) is 48.0 Å². The highest BCUT2D eigenvalue weighted by atomic mass is 31.2. The molecule has 32 heteroatoms. The SMILES string of the molecule is C=C[C@@]1(F)[C@H](O)[C@@H](CO[P@@](=O)(N[C@@H](C)C(=O)OC(C)C)Oc2ccccc2)O[C@H]1n1cnc2c(NC3CC3)nc(N)nc21.C=C[C@@]1(F)[C@H](O)[C@@H](CO[P@](=O)(N[C@@H](C)C(=O)OC(C)C)Oc2ccccc2)O[C@H]1n1cnc2c(NC3CC3)nc(N)nc21. The summed E-state index contributed by atoms with van der Waals surface area (Å²) in [5.74, 6) is -0.338. The Kier molecular flexibility index (Phi) is 19.1. The maximum absolute atomic E-state index is 16.4. The molecule has 6 heterocycles. The highest BCUT2D eigenvalue weighted by molar-refractivity contribution is 7.52. The van der Waals surface area contributed by atoms with Crippen molar-refractivity contribution in [2.45, 2.75) is 152 Å². The number of aromatic nitrogens is 8. The Morgan fingerprint density at radius 3 is 1.35 bits per heavy atom. The smallest absolute Gasteiger partial charge is 0.459 e. The Bertz CT molecular complexity index is 3270. The molecule has 0 amide bonds. The van der Waals surface area contributed by atoms with Gasteiger partial charge >= 0.3 is 27.4 Å². The summed E-state index contributed by atoms with van der Waals surface area (Å²) < 4.78 is 108. The maximum atomic E-state index is 16.4. The Morgan fingerprint density at radius 1 is 0.663 bits per heavy atom. The van der Waals surface area contributed by atoms with Crippen molar-refractivity contribution in [3.63, 3.8) is 0 Å². The predicted octanol–water partition coefficient (Wildman–Crippen LogP) is 6.54. The van der Waals surface area contributed by atoms with Crippen LogP contribution in [0, 0.1) is 0 Å². The second-order valence-corrected chi connectivity index (χ2v) is 24.8. The Hall–Kier alpha value is -7.24. The number of nitrogen functional groups attached to an aromatic ring is 2. The number of ether oxygens (including phenoxy) is 4. The molecule has 4 aliphatic rings. The van der Waals surface area contributed by atoms with E-state index in [4.69, 9.17) is 48.5 Å². The molecule has 28 nitrogen and oxygen atoms in total. The molecule has 4 fully saturated rings. The fourth-order valence-electron chi connectivity index (χ4n) is 9.08. The van der Waals surface area contributed by atoms with Gasteiger partial charge in [-0.2, -0.15) is 30.1 Å². The van der Waals surface area contributed by atoms with E-state index in [0.29, 0.717) is 22.7 Å². The fraction of sp³-hybridized carbons (Fsp3) is 0.481. The molecule has 2 aliphatic heterocycles. The summed E-state index contributed by atoms with van der Waals surface area (Å²) in [4.78, 5) is 50.5. The van der Waals surface area contributed by atoms with Gasteiger partial charge in [-0.25, -0.2) is 27.9 Å². The van der Waals surface area contributed by atoms with Crippen molar-refractivity contribution in [1.82, 2.24) is 49.2 Å². The Labute approximate surface area is 492 Å². The van der Waals surface area contributed by atoms with Crippen LogP contribution in [0.1, 0.15) is 79.7 Å². The summed E-state index contributed by atoms with van der Waals surface area (Å²) in [5.41, 5.74) is 7.83. The summed E-state index contributed by atoms with van der Waals surface area (Å²) in [6.07, 6.45) is -1.82. The Morgan fingerprint density at radius 2 is 1.02 bits per heavy atom. The number of anilines is 4. The number of rotatable bonds is 26. The van der Waals surface area contributed by atoms with E-state index >= 15 is 8.78 Å². The zero-order valence-electron chi connectivity index (χ0n) is 47.8. The van der Waals surface area contributed by atoms with Crippen molar-refractivity contribution in [3.8, 4) is 11.5 Å². The van der Waals surface area contributed by atoms with E-state index < -0.39 is 113 Å². The van der Waals surface area contributed by atoms with Crippen LogP contribution in [0.25, 0.3) is 22.3 Å². The number of hydrogen-bond acceptors (Lipinski definition) is 24. The van der Waals surface area contributed by atoms with E-state index in [9.17, 15) is 28.9 Å². The molecule has 464 valence electrons. The number of aliphatic hydroxyl groups is 2. The van der Waals surface area contributed by atoms with Crippen LogP contribution in [0.2, 0.25) is 0 Å². The van der Waals surface area contributed by atoms with Crippen molar-refractivity contribution in [1.29, 1.82) is 0 Å². The molecule has 0 radical (unpaired) electrons. The minimum atomic E-state index is -4.32. The molecule has 0 bridgehead atoms. The number of imidazole rings is 2. The largest absolute Gasteiger partial charge is 0.462 e. The second kappa shape index (κ2) is 26.0. The number of aliphatic hydroxyl groups excluding tert-OH is 2. The summed E-state index contributed by atoms with van der Waals surface area (Å²) in [5, 5.41) is 33.7. The molecular formula is C54H70F2N14O14P2. The van der Waals surface area contributed by atoms with Crippen LogP contribution in [0.15, 0.2) is 98.6 Å². The van der Waals surface area contributed by atoms with Crippen molar-refractivity contribution in [3.05, 3.63) is 98.6 Å². The molecule has 0 spiro atoms. The molecule has 0 unspecified atom stereocenters. The molecule has 2 saturated heterocycles. The van der Waals surface area contributed by atoms with Crippen LogP contribution in [0.4, 0.5) is 32.3 Å². The van der Waals surface area contributed by atoms with Crippen LogP contribution in [0.3, 0.4) is 0 Å². The number of alkyl halides is 2. The number of para-hydroxylation sites is 2. The van der Waals surface area contributed by atoms with E-state index in [1.807, 2.05) is 0 Å². The van der Waals surface area contributed by atoms with Gasteiger partial charge in [-0.1, -0.05) is 49.6 Å². The molecule has 10 rings (SSSR count). The second-order valence-electron chi connectivity index (χ2n) is 21.4. The number of carbonyl (C=O) groups is 2. The first-order valence-corrected chi connectivity index (χ1v) is 30.7. The molecular weight excluding hydrogens is 1170 g/mol. The molecule has 2 aromatic carbocycles. The topological polar surface area (TPSA) is 370 Å². The van der Waals surface area contributed by atoms with Crippen molar-refractivity contribution in [2.75, 3.05) is 35.3 Å². The van der Waals surface area contributed by atoms with Gasteiger partial charge in [0.25, 0.3) is 0 Å². The predicted molar refractivity (Wildman–Crippen MR) is 310 cm³/mol. The number of nitrogens with two attached hydrogens (primary N) is 2. The third-order valence-corrected chi connectivity index (χ3v) is 17.0. The van der Waals surface area contributed by atoms with E-state index in [1.165, 1.54) is 35.6 Å². The number of fused-ring (bicyclic) bond motifs is 2. The van der Waals surface area contributed by atoms with Gasteiger partial charge in [0.2, 0.25) is 23.2 Å². The van der Waals surface area contributed by atoms with Crippen molar-refractivity contribution in [2.24, 2.45) is 0 Å². The first-order chi connectivity index (χ1) is 40.8.